The molecule has 2 nitrogen and oxygen atoms in total. The molecule has 0 saturated heterocycles. The van der Waals surface area contributed by atoms with Crippen molar-refractivity contribution in [3.63, 3.8) is 0 Å². The SMILES string of the molecule is CCCCCCCCCOc1ccccc1C=O. The molecule has 0 heterocycles. The molecular weight excluding hydrogens is 224 g/mol. The maximum atomic E-state index is 10.8. The van der Waals surface area contributed by atoms with Crippen LogP contribution in [0.25, 0.3) is 0 Å². The summed E-state index contributed by atoms with van der Waals surface area (Å²) in [4.78, 5) is 10.8. The lowest BCUT2D eigenvalue weighted by Crippen LogP contribution is -1.99. The van der Waals surface area contributed by atoms with Crippen LogP contribution in [0.1, 0.15) is 62.2 Å². The Kier molecular flexibility index (Phi) is 7.94. The van der Waals surface area contributed by atoms with Gasteiger partial charge in [-0.15, -0.1) is 0 Å². The highest BCUT2D eigenvalue weighted by atomic mass is 16.5. The maximum absolute atomic E-state index is 10.8. The van der Waals surface area contributed by atoms with Crippen molar-refractivity contribution in [1.82, 2.24) is 0 Å². The van der Waals surface area contributed by atoms with Gasteiger partial charge in [0.15, 0.2) is 6.29 Å². The number of hydrogen-bond donors (Lipinski definition) is 0. The molecule has 0 atom stereocenters. The summed E-state index contributed by atoms with van der Waals surface area (Å²) < 4.78 is 5.62. The topological polar surface area (TPSA) is 26.3 Å². The molecular formula is C16H24O2. The minimum Gasteiger partial charge on any atom is -0.493 e. The molecule has 0 spiro atoms. The van der Waals surface area contributed by atoms with Gasteiger partial charge < -0.3 is 4.74 Å². The number of carbonyl (C=O) groups excluding carboxylic acids is 1. The fraction of sp³-hybridized carbons (Fsp3) is 0.562. The van der Waals surface area contributed by atoms with Crippen LogP contribution in [0.3, 0.4) is 0 Å². The lowest BCUT2D eigenvalue weighted by Gasteiger charge is -2.07. The van der Waals surface area contributed by atoms with Crippen molar-refractivity contribution >= 4 is 6.29 Å². The zero-order valence-corrected chi connectivity index (χ0v) is 11.4. The third-order valence-corrected chi connectivity index (χ3v) is 3.05. The van der Waals surface area contributed by atoms with E-state index in [9.17, 15) is 4.79 Å². The van der Waals surface area contributed by atoms with Crippen molar-refractivity contribution in [2.75, 3.05) is 6.61 Å². The van der Waals surface area contributed by atoms with Gasteiger partial charge in [-0.05, 0) is 18.6 Å². The van der Waals surface area contributed by atoms with Gasteiger partial charge in [-0.1, -0.05) is 57.6 Å². The van der Waals surface area contributed by atoms with Crippen LogP contribution in [-0.4, -0.2) is 12.9 Å². The summed E-state index contributed by atoms with van der Waals surface area (Å²) in [5, 5.41) is 0. The normalized spacial score (nSPS) is 10.3. The average Bonchev–Trinajstić information content (AvgIpc) is 2.42. The van der Waals surface area contributed by atoms with Crippen LogP contribution < -0.4 is 4.74 Å². The fourth-order valence-corrected chi connectivity index (χ4v) is 1.95. The van der Waals surface area contributed by atoms with Crippen LogP contribution in [0.5, 0.6) is 5.75 Å². The zero-order chi connectivity index (χ0) is 13.1. The summed E-state index contributed by atoms with van der Waals surface area (Å²) >= 11 is 0. The molecule has 0 saturated carbocycles. The van der Waals surface area contributed by atoms with Gasteiger partial charge >= 0.3 is 0 Å². The molecule has 1 aromatic carbocycles. The summed E-state index contributed by atoms with van der Waals surface area (Å²) in [6.45, 7) is 2.94. The number of ether oxygens (including phenoxy) is 1. The second-order valence-electron chi connectivity index (χ2n) is 4.63. The fourth-order valence-electron chi connectivity index (χ4n) is 1.95. The Hall–Kier alpha value is -1.31. The molecule has 1 aromatic rings. The summed E-state index contributed by atoms with van der Waals surface area (Å²) in [7, 11) is 0. The van der Waals surface area contributed by atoms with Gasteiger partial charge in [0.1, 0.15) is 5.75 Å². The lowest BCUT2D eigenvalue weighted by atomic mass is 10.1. The molecule has 0 unspecified atom stereocenters. The average molecular weight is 248 g/mol. The summed E-state index contributed by atoms with van der Waals surface area (Å²) in [5.74, 6) is 0.707. The van der Waals surface area contributed by atoms with Crippen molar-refractivity contribution in [3.05, 3.63) is 29.8 Å². The third kappa shape index (κ3) is 5.85. The zero-order valence-electron chi connectivity index (χ0n) is 11.4. The van der Waals surface area contributed by atoms with Crippen LogP contribution in [0.2, 0.25) is 0 Å². The number of para-hydroxylation sites is 1. The van der Waals surface area contributed by atoms with E-state index in [1.165, 1.54) is 38.5 Å². The molecule has 0 radical (unpaired) electrons. The number of carbonyl (C=O) groups is 1. The van der Waals surface area contributed by atoms with E-state index >= 15 is 0 Å². The van der Waals surface area contributed by atoms with E-state index in [0.717, 1.165) is 12.7 Å². The molecule has 0 bridgehead atoms. The summed E-state index contributed by atoms with van der Waals surface area (Å²) in [6.07, 6.45) is 9.75. The van der Waals surface area contributed by atoms with Crippen LogP contribution in [-0.2, 0) is 0 Å². The minimum absolute atomic E-state index is 0.639. The molecule has 0 aliphatic rings. The molecule has 0 aromatic heterocycles. The van der Waals surface area contributed by atoms with Gasteiger partial charge in [0.2, 0.25) is 0 Å². The second kappa shape index (κ2) is 9.69. The smallest absolute Gasteiger partial charge is 0.153 e. The molecule has 0 N–H and O–H groups in total. The lowest BCUT2D eigenvalue weighted by molar-refractivity contribution is 0.111. The second-order valence-corrected chi connectivity index (χ2v) is 4.63. The highest BCUT2D eigenvalue weighted by Crippen LogP contribution is 2.16. The van der Waals surface area contributed by atoms with Crippen LogP contribution in [0.15, 0.2) is 24.3 Å². The highest BCUT2D eigenvalue weighted by Gasteiger charge is 2.00. The first-order valence-corrected chi connectivity index (χ1v) is 7.05. The Morgan fingerprint density at radius 3 is 2.39 bits per heavy atom. The van der Waals surface area contributed by atoms with Gasteiger partial charge in [-0.2, -0.15) is 0 Å². The predicted octanol–water partition coefficient (Wildman–Crippen LogP) is 4.63. The largest absolute Gasteiger partial charge is 0.493 e. The van der Waals surface area contributed by atoms with Gasteiger partial charge in [0.05, 0.1) is 12.2 Å². The van der Waals surface area contributed by atoms with Crippen LogP contribution in [0, 0.1) is 0 Å². The Bertz CT molecular complexity index is 334. The molecule has 0 aliphatic heterocycles. The van der Waals surface area contributed by atoms with Gasteiger partial charge in [-0.3, -0.25) is 4.79 Å². The number of rotatable bonds is 10. The van der Waals surface area contributed by atoms with Gasteiger partial charge in [0, 0.05) is 0 Å². The maximum Gasteiger partial charge on any atom is 0.153 e. The van der Waals surface area contributed by atoms with Gasteiger partial charge in [-0.25, -0.2) is 0 Å². The molecule has 0 amide bonds. The standard InChI is InChI=1S/C16H24O2/c1-2-3-4-5-6-7-10-13-18-16-12-9-8-11-15(16)14-17/h8-9,11-12,14H,2-7,10,13H2,1H3. The highest BCUT2D eigenvalue weighted by molar-refractivity contribution is 5.79. The first-order valence-electron chi connectivity index (χ1n) is 7.05. The van der Waals surface area contributed by atoms with E-state index in [4.69, 9.17) is 4.74 Å². The Morgan fingerprint density at radius 2 is 1.67 bits per heavy atom. The monoisotopic (exact) mass is 248 g/mol. The molecule has 0 aliphatic carbocycles. The summed E-state index contributed by atoms with van der Waals surface area (Å²) in [6, 6.07) is 7.38. The minimum atomic E-state index is 0.639. The van der Waals surface area contributed by atoms with Crippen molar-refractivity contribution in [3.8, 4) is 5.75 Å². The molecule has 100 valence electrons. The van der Waals surface area contributed by atoms with Crippen molar-refractivity contribution in [2.24, 2.45) is 0 Å². The first-order chi connectivity index (χ1) is 8.88. The van der Waals surface area contributed by atoms with E-state index in [1.807, 2.05) is 18.2 Å². The Morgan fingerprint density at radius 1 is 1.00 bits per heavy atom. The molecule has 1 rings (SSSR count). The molecule has 0 fully saturated rings. The Labute approximate surface area is 110 Å². The number of hydrogen-bond acceptors (Lipinski definition) is 2. The summed E-state index contributed by atoms with van der Waals surface area (Å²) in [5.41, 5.74) is 0.639. The van der Waals surface area contributed by atoms with E-state index in [0.29, 0.717) is 17.9 Å². The van der Waals surface area contributed by atoms with E-state index in [2.05, 4.69) is 6.92 Å². The number of aldehydes is 1. The molecule has 18 heavy (non-hydrogen) atoms. The molecule has 2 heteroatoms. The number of unbranched alkanes of at least 4 members (excludes halogenated alkanes) is 6. The predicted molar refractivity (Wildman–Crippen MR) is 75.3 cm³/mol. The van der Waals surface area contributed by atoms with Crippen molar-refractivity contribution < 1.29 is 9.53 Å². The Balaban J connectivity index is 2.09. The van der Waals surface area contributed by atoms with Crippen molar-refractivity contribution in [2.45, 2.75) is 51.9 Å². The van der Waals surface area contributed by atoms with Crippen molar-refractivity contribution in [1.29, 1.82) is 0 Å². The van der Waals surface area contributed by atoms with Crippen LogP contribution in [0.4, 0.5) is 0 Å². The number of benzene rings is 1. The third-order valence-electron chi connectivity index (χ3n) is 3.05. The van der Waals surface area contributed by atoms with Gasteiger partial charge in [0.25, 0.3) is 0 Å². The quantitative estimate of drug-likeness (QED) is 0.446. The van der Waals surface area contributed by atoms with E-state index in [-0.39, 0.29) is 0 Å². The van der Waals surface area contributed by atoms with Crippen LogP contribution >= 0.6 is 0 Å². The first kappa shape index (κ1) is 14.7. The van der Waals surface area contributed by atoms with E-state index < -0.39 is 0 Å². The van der Waals surface area contributed by atoms with E-state index in [1.54, 1.807) is 6.07 Å².